The number of hydroxylamine groups is 1. The molecule has 2 fully saturated rings. The fourth-order valence-electron chi connectivity index (χ4n) is 4.95. The Kier molecular flexibility index (Phi) is 4.06. The second kappa shape index (κ2) is 6.10. The van der Waals surface area contributed by atoms with Crippen molar-refractivity contribution in [3.05, 3.63) is 29.1 Å². The molecule has 0 bridgehead atoms. The minimum absolute atomic E-state index is 0.429. The summed E-state index contributed by atoms with van der Waals surface area (Å²) in [6, 6.07) is 2.54. The van der Waals surface area contributed by atoms with Crippen LogP contribution in [0.4, 0.5) is 0 Å². The smallest absolute Gasteiger partial charge is 0.276 e. The first-order valence-corrected chi connectivity index (χ1v) is 8.93. The van der Waals surface area contributed by atoms with E-state index in [1.807, 2.05) is 6.07 Å². The SMILES string of the molecule is CN1CC[C@]2(CC[C@@H](N3CCc4cc(C(=O)NO)cnc4C3)C2)C1. The Bertz CT molecular complexity index is 650. The van der Waals surface area contributed by atoms with Gasteiger partial charge in [-0.3, -0.25) is 19.9 Å². The summed E-state index contributed by atoms with van der Waals surface area (Å²) in [6.45, 7) is 4.42. The van der Waals surface area contributed by atoms with Gasteiger partial charge in [0.1, 0.15) is 0 Å². The van der Waals surface area contributed by atoms with Gasteiger partial charge in [0.2, 0.25) is 0 Å². The Morgan fingerprint density at radius 1 is 1.42 bits per heavy atom. The molecular weight excluding hydrogens is 304 g/mol. The number of amides is 1. The maximum Gasteiger partial charge on any atom is 0.276 e. The number of aromatic nitrogens is 1. The number of likely N-dealkylation sites (tertiary alicyclic amines) is 1. The number of nitrogens with one attached hydrogen (secondary N) is 1. The third-order valence-electron chi connectivity index (χ3n) is 6.27. The van der Waals surface area contributed by atoms with E-state index in [0.717, 1.165) is 30.8 Å². The maximum atomic E-state index is 11.5. The minimum Gasteiger partial charge on any atom is -0.306 e. The summed E-state index contributed by atoms with van der Waals surface area (Å²) in [5.41, 5.74) is 4.88. The Labute approximate surface area is 142 Å². The zero-order valence-corrected chi connectivity index (χ0v) is 14.3. The van der Waals surface area contributed by atoms with Crippen LogP contribution in [0.15, 0.2) is 12.3 Å². The van der Waals surface area contributed by atoms with Gasteiger partial charge < -0.3 is 4.90 Å². The van der Waals surface area contributed by atoms with E-state index in [1.54, 1.807) is 11.7 Å². The summed E-state index contributed by atoms with van der Waals surface area (Å²) in [6.07, 6.45) is 7.82. The molecule has 0 radical (unpaired) electrons. The highest BCUT2D eigenvalue weighted by Gasteiger charge is 2.44. The molecule has 1 aromatic heterocycles. The Hall–Kier alpha value is -1.50. The topological polar surface area (TPSA) is 68.7 Å². The molecule has 0 unspecified atom stereocenters. The van der Waals surface area contributed by atoms with Crippen LogP contribution in [0, 0.1) is 5.41 Å². The molecule has 1 spiro atoms. The summed E-state index contributed by atoms with van der Waals surface area (Å²) in [5.74, 6) is -0.490. The van der Waals surface area contributed by atoms with E-state index in [-0.39, 0.29) is 0 Å². The Morgan fingerprint density at radius 2 is 2.29 bits per heavy atom. The van der Waals surface area contributed by atoms with Crippen molar-refractivity contribution in [2.24, 2.45) is 5.41 Å². The number of fused-ring (bicyclic) bond motifs is 1. The van der Waals surface area contributed by atoms with Crippen LogP contribution in [0.25, 0.3) is 0 Å². The minimum atomic E-state index is -0.490. The van der Waals surface area contributed by atoms with Gasteiger partial charge in [-0.1, -0.05) is 0 Å². The number of pyridine rings is 1. The van der Waals surface area contributed by atoms with Crippen molar-refractivity contribution in [2.45, 2.75) is 44.7 Å². The van der Waals surface area contributed by atoms with Gasteiger partial charge in [0.15, 0.2) is 0 Å². The second-order valence-corrected chi connectivity index (χ2v) is 7.88. The molecule has 0 aromatic carbocycles. The summed E-state index contributed by atoms with van der Waals surface area (Å²) in [5, 5.41) is 8.76. The molecular formula is C18H26N4O2. The van der Waals surface area contributed by atoms with Gasteiger partial charge in [0.05, 0.1) is 11.3 Å². The standard InChI is InChI=1S/C18H26N4O2/c1-21-7-5-18(12-21)4-2-15(9-18)22-6-3-13-8-14(17(23)20-24)10-19-16(13)11-22/h8,10,15,24H,2-7,9,11-12H2,1H3,(H,20,23)/t15-,18+/m1/s1. The summed E-state index contributed by atoms with van der Waals surface area (Å²) < 4.78 is 0. The van der Waals surface area contributed by atoms with E-state index in [0.29, 0.717) is 17.0 Å². The van der Waals surface area contributed by atoms with Gasteiger partial charge in [0.25, 0.3) is 5.91 Å². The zero-order valence-electron chi connectivity index (χ0n) is 14.3. The van der Waals surface area contributed by atoms with Gasteiger partial charge in [-0.25, -0.2) is 5.48 Å². The van der Waals surface area contributed by atoms with Crippen LogP contribution in [-0.2, 0) is 13.0 Å². The molecule has 1 saturated heterocycles. The highest BCUT2D eigenvalue weighted by Crippen LogP contribution is 2.47. The molecule has 6 heteroatoms. The van der Waals surface area contributed by atoms with Gasteiger partial charge in [-0.15, -0.1) is 0 Å². The molecule has 3 heterocycles. The van der Waals surface area contributed by atoms with Gasteiger partial charge >= 0.3 is 0 Å². The summed E-state index contributed by atoms with van der Waals surface area (Å²) in [7, 11) is 2.24. The average molecular weight is 330 g/mol. The van der Waals surface area contributed by atoms with Crippen molar-refractivity contribution >= 4 is 5.91 Å². The van der Waals surface area contributed by atoms with Crippen LogP contribution < -0.4 is 5.48 Å². The summed E-state index contributed by atoms with van der Waals surface area (Å²) in [4.78, 5) is 21.1. The average Bonchev–Trinajstić information content (AvgIpc) is 3.19. The highest BCUT2D eigenvalue weighted by atomic mass is 16.5. The van der Waals surface area contributed by atoms with Crippen molar-refractivity contribution in [3.8, 4) is 0 Å². The second-order valence-electron chi connectivity index (χ2n) is 7.88. The van der Waals surface area contributed by atoms with Crippen molar-refractivity contribution in [1.82, 2.24) is 20.3 Å². The third kappa shape index (κ3) is 2.83. The Morgan fingerprint density at radius 3 is 3.04 bits per heavy atom. The number of nitrogens with zero attached hydrogens (tertiary/aromatic N) is 3. The molecule has 1 aromatic rings. The summed E-state index contributed by atoms with van der Waals surface area (Å²) >= 11 is 0. The number of carbonyl (C=O) groups excluding carboxylic acids is 1. The molecule has 3 aliphatic rings. The molecule has 6 nitrogen and oxygen atoms in total. The molecule has 1 amide bonds. The van der Waals surface area contributed by atoms with E-state index in [9.17, 15) is 4.79 Å². The lowest BCUT2D eigenvalue weighted by Gasteiger charge is -2.34. The third-order valence-corrected chi connectivity index (χ3v) is 6.27. The molecule has 2 atom stereocenters. The predicted octanol–water partition coefficient (Wildman–Crippen LogP) is 1.43. The van der Waals surface area contributed by atoms with Crippen molar-refractivity contribution < 1.29 is 10.0 Å². The van der Waals surface area contributed by atoms with E-state index in [2.05, 4.69) is 21.8 Å². The van der Waals surface area contributed by atoms with Crippen LogP contribution in [0.2, 0.25) is 0 Å². The van der Waals surface area contributed by atoms with Gasteiger partial charge in [0, 0.05) is 31.9 Å². The van der Waals surface area contributed by atoms with E-state index in [1.165, 1.54) is 38.8 Å². The fraction of sp³-hybridized carbons (Fsp3) is 0.667. The molecule has 2 N–H and O–H groups in total. The van der Waals surface area contributed by atoms with Crippen molar-refractivity contribution in [3.63, 3.8) is 0 Å². The quantitative estimate of drug-likeness (QED) is 0.634. The van der Waals surface area contributed by atoms with Gasteiger partial charge in [-0.2, -0.15) is 0 Å². The van der Waals surface area contributed by atoms with Crippen LogP contribution in [0.3, 0.4) is 0 Å². The van der Waals surface area contributed by atoms with E-state index < -0.39 is 5.91 Å². The number of hydrogen-bond acceptors (Lipinski definition) is 5. The van der Waals surface area contributed by atoms with E-state index in [4.69, 9.17) is 5.21 Å². The lowest BCUT2D eigenvalue weighted by molar-refractivity contribution is 0.0705. The number of rotatable bonds is 2. The monoisotopic (exact) mass is 330 g/mol. The van der Waals surface area contributed by atoms with Crippen molar-refractivity contribution in [1.29, 1.82) is 0 Å². The van der Waals surface area contributed by atoms with Crippen LogP contribution in [0.1, 0.15) is 47.3 Å². The van der Waals surface area contributed by atoms with Gasteiger partial charge in [-0.05, 0) is 62.7 Å². The maximum absolute atomic E-state index is 11.5. The number of hydrogen-bond donors (Lipinski definition) is 2. The van der Waals surface area contributed by atoms with Crippen LogP contribution in [0.5, 0.6) is 0 Å². The molecule has 1 aliphatic carbocycles. The first kappa shape index (κ1) is 16.0. The lowest BCUT2D eigenvalue weighted by atomic mass is 9.85. The molecule has 2 aliphatic heterocycles. The largest absolute Gasteiger partial charge is 0.306 e. The zero-order chi connectivity index (χ0) is 16.7. The molecule has 24 heavy (non-hydrogen) atoms. The van der Waals surface area contributed by atoms with Crippen LogP contribution in [-0.4, -0.2) is 58.6 Å². The number of carbonyl (C=O) groups is 1. The van der Waals surface area contributed by atoms with E-state index >= 15 is 0 Å². The highest BCUT2D eigenvalue weighted by molar-refractivity contribution is 5.93. The first-order valence-electron chi connectivity index (χ1n) is 8.93. The predicted molar refractivity (Wildman–Crippen MR) is 89.8 cm³/mol. The molecule has 130 valence electrons. The normalized spacial score (nSPS) is 30.7. The van der Waals surface area contributed by atoms with Crippen LogP contribution >= 0.6 is 0 Å². The molecule has 1 saturated carbocycles. The first-order chi connectivity index (χ1) is 11.6. The molecule has 4 rings (SSSR count). The fourth-order valence-corrected chi connectivity index (χ4v) is 4.95. The Balaban J connectivity index is 1.44. The lowest BCUT2D eigenvalue weighted by Crippen LogP contribution is -2.39. The van der Waals surface area contributed by atoms with Crippen molar-refractivity contribution in [2.75, 3.05) is 26.7 Å².